The van der Waals surface area contributed by atoms with Gasteiger partial charge in [-0.15, -0.1) is 11.3 Å². The van der Waals surface area contributed by atoms with E-state index < -0.39 is 0 Å². The summed E-state index contributed by atoms with van der Waals surface area (Å²) in [5.41, 5.74) is 1.13. The van der Waals surface area contributed by atoms with Crippen LogP contribution in [0.25, 0.3) is 4.96 Å². The summed E-state index contributed by atoms with van der Waals surface area (Å²) in [5, 5.41) is 11.7. The maximum absolute atomic E-state index is 8.95. The van der Waals surface area contributed by atoms with Crippen molar-refractivity contribution < 1.29 is 4.74 Å². The predicted molar refractivity (Wildman–Crippen MR) is 73.3 cm³/mol. The van der Waals surface area contributed by atoms with Crippen molar-refractivity contribution >= 4 is 38.0 Å². The van der Waals surface area contributed by atoms with Gasteiger partial charge in [-0.25, -0.2) is 4.98 Å². The lowest BCUT2D eigenvalue weighted by Gasteiger charge is -2.30. The van der Waals surface area contributed by atoms with Gasteiger partial charge >= 0.3 is 0 Å². The predicted octanol–water partition coefficient (Wildman–Crippen LogP) is 2.02. The molecule has 1 aliphatic rings. The number of imidazole rings is 1. The monoisotopic (exact) mass is 326 g/mol. The Bertz CT molecular complexity index is 602. The quantitative estimate of drug-likeness (QED) is 0.792. The van der Waals surface area contributed by atoms with E-state index in [4.69, 9.17) is 10.00 Å². The van der Waals surface area contributed by atoms with E-state index in [0.29, 0.717) is 13.2 Å². The van der Waals surface area contributed by atoms with E-state index >= 15 is 0 Å². The highest BCUT2D eigenvalue weighted by Crippen LogP contribution is 2.27. The number of thiazole rings is 1. The third-order valence-corrected chi connectivity index (χ3v) is 4.26. The number of morpholine rings is 1. The molecule has 7 heteroatoms. The van der Waals surface area contributed by atoms with Gasteiger partial charge in [-0.2, -0.15) is 5.26 Å². The van der Waals surface area contributed by atoms with Crippen LogP contribution in [0.2, 0.25) is 0 Å². The molecule has 1 saturated heterocycles. The first-order valence-electron chi connectivity index (χ1n) is 5.60. The third kappa shape index (κ3) is 1.90. The molecule has 0 aromatic carbocycles. The van der Waals surface area contributed by atoms with Crippen molar-refractivity contribution in [1.82, 2.24) is 9.38 Å². The molecule has 2 aromatic heterocycles. The van der Waals surface area contributed by atoms with E-state index in [1.54, 1.807) is 11.3 Å². The van der Waals surface area contributed by atoms with Gasteiger partial charge in [-0.05, 0) is 0 Å². The molecule has 3 heterocycles. The number of ether oxygens (including phenoxy) is 1. The van der Waals surface area contributed by atoms with Crippen LogP contribution in [0.1, 0.15) is 5.69 Å². The number of nitriles is 1. The van der Waals surface area contributed by atoms with E-state index in [1.807, 2.05) is 11.6 Å². The Hall–Kier alpha value is -1.10. The maximum Gasteiger partial charge on any atom is 0.195 e. The number of nitrogens with zero attached hydrogens (tertiary/aromatic N) is 4. The highest BCUT2D eigenvalue weighted by atomic mass is 79.9. The normalized spacial score (nSPS) is 20.2. The minimum Gasteiger partial charge on any atom is -0.360 e. The summed E-state index contributed by atoms with van der Waals surface area (Å²) < 4.78 is 7.45. The van der Waals surface area contributed by atoms with Gasteiger partial charge in [0.1, 0.15) is 0 Å². The molecule has 0 aliphatic carbocycles. The molecule has 94 valence electrons. The van der Waals surface area contributed by atoms with Gasteiger partial charge in [0.05, 0.1) is 24.9 Å². The van der Waals surface area contributed by atoms with Gasteiger partial charge in [0.15, 0.2) is 16.9 Å². The highest BCUT2D eigenvalue weighted by Gasteiger charge is 2.25. The van der Waals surface area contributed by atoms with Gasteiger partial charge in [0.25, 0.3) is 0 Å². The average Bonchev–Trinajstić information content (AvgIpc) is 2.98. The van der Waals surface area contributed by atoms with Crippen LogP contribution < -0.4 is 4.90 Å². The van der Waals surface area contributed by atoms with Gasteiger partial charge in [0.2, 0.25) is 0 Å². The number of fused-ring (bicyclic) bond motifs is 1. The lowest BCUT2D eigenvalue weighted by atomic mass is 10.3. The van der Waals surface area contributed by atoms with Gasteiger partial charge in [-0.3, -0.25) is 4.40 Å². The molecule has 3 rings (SSSR count). The molecule has 1 atom stereocenters. The molecule has 18 heavy (non-hydrogen) atoms. The molecular weight excluding hydrogens is 316 g/mol. The Balaban J connectivity index is 1.98. The molecule has 0 amide bonds. The topological polar surface area (TPSA) is 53.6 Å². The average molecular weight is 327 g/mol. The summed E-state index contributed by atoms with van der Waals surface area (Å²) in [6, 6.07) is 2.16. The molecule has 2 aromatic rings. The molecule has 0 bridgehead atoms. The summed E-state index contributed by atoms with van der Waals surface area (Å²) in [4.78, 5) is 7.77. The molecule has 1 aliphatic heterocycles. The molecule has 0 N–H and O–H groups in total. The van der Waals surface area contributed by atoms with Crippen molar-refractivity contribution in [2.75, 3.05) is 24.6 Å². The van der Waals surface area contributed by atoms with Gasteiger partial charge < -0.3 is 9.64 Å². The number of rotatable bonds is 2. The van der Waals surface area contributed by atoms with Crippen molar-refractivity contribution in [2.45, 2.75) is 11.4 Å². The number of anilines is 1. The first-order valence-corrected chi connectivity index (χ1v) is 7.60. The Morgan fingerprint density at radius 3 is 3.33 bits per heavy atom. The minimum atomic E-state index is -0.360. The number of hydrogen-bond donors (Lipinski definition) is 0. The van der Waals surface area contributed by atoms with E-state index in [9.17, 15) is 0 Å². The first-order chi connectivity index (χ1) is 8.83. The summed E-state index contributed by atoms with van der Waals surface area (Å²) in [5.74, 6) is 0.960. The van der Waals surface area contributed by atoms with Crippen LogP contribution in [0.5, 0.6) is 0 Å². The standard InChI is InChI=1S/C11H11BrN4OS/c12-5-9-10(14-11-16(9)2-4-18-11)15-1-3-17-8(6-13)7-15/h2,4,8H,1,3,5,7H2. The first kappa shape index (κ1) is 12.0. The molecule has 5 nitrogen and oxygen atoms in total. The molecule has 0 spiro atoms. The number of hydrogen-bond acceptors (Lipinski definition) is 5. The van der Waals surface area contributed by atoms with Gasteiger partial charge in [-0.1, -0.05) is 15.9 Å². The van der Waals surface area contributed by atoms with Crippen molar-refractivity contribution in [3.63, 3.8) is 0 Å². The lowest BCUT2D eigenvalue weighted by molar-refractivity contribution is 0.0761. The van der Waals surface area contributed by atoms with Crippen LogP contribution >= 0.6 is 27.3 Å². The van der Waals surface area contributed by atoms with Crippen LogP contribution in [0.4, 0.5) is 5.82 Å². The fourth-order valence-corrected chi connectivity index (χ4v) is 3.37. The zero-order valence-corrected chi connectivity index (χ0v) is 11.9. The Morgan fingerprint density at radius 2 is 2.56 bits per heavy atom. The second kappa shape index (κ2) is 4.88. The number of halogens is 1. The highest BCUT2D eigenvalue weighted by molar-refractivity contribution is 9.08. The van der Waals surface area contributed by atoms with Crippen molar-refractivity contribution in [3.05, 3.63) is 17.3 Å². The van der Waals surface area contributed by atoms with Crippen molar-refractivity contribution in [2.24, 2.45) is 0 Å². The summed E-state index contributed by atoms with van der Waals surface area (Å²) in [6.45, 7) is 1.94. The number of aromatic nitrogens is 2. The van der Waals surface area contributed by atoms with Crippen molar-refractivity contribution in [1.29, 1.82) is 5.26 Å². The summed E-state index contributed by atoms with van der Waals surface area (Å²) >= 11 is 5.13. The van der Waals surface area contributed by atoms with E-state index in [2.05, 4.69) is 36.3 Å². The zero-order chi connectivity index (χ0) is 12.5. The Labute approximate surface area is 117 Å². The molecule has 1 fully saturated rings. The van der Waals surface area contributed by atoms with Crippen LogP contribution in [0.3, 0.4) is 0 Å². The SMILES string of the molecule is N#CC1CN(c2nc3sccn3c2CBr)CCO1. The summed E-state index contributed by atoms with van der Waals surface area (Å²) in [7, 11) is 0. The van der Waals surface area contributed by atoms with Crippen LogP contribution in [-0.4, -0.2) is 35.2 Å². The van der Waals surface area contributed by atoms with E-state index in [0.717, 1.165) is 28.3 Å². The smallest absolute Gasteiger partial charge is 0.195 e. The van der Waals surface area contributed by atoms with Gasteiger partial charge in [0, 0.05) is 23.5 Å². The maximum atomic E-state index is 8.95. The van der Waals surface area contributed by atoms with Crippen LogP contribution in [0.15, 0.2) is 11.6 Å². The minimum absolute atomic E-state index is 0.360. The fraction of sp³-hybridized carbons (Fsp3) is 0.455. The molecule has 0 radical (unpaired) electrons. The summed E-state index contributed by atoms with van der Waals surface area (Å²) in [6.07, 6.45) is 1.66. The van der Waals surface area contributed by atoms with E-state index in [1.165, 1.54) is 0 Å². The Kier molecular flexibility index (Phi) is 3.24. The van der Waals surface area contributed by atoms with Crippen LogP contribution in [0, 0.1) is 11.3 Å². The second-order valence-corrected chi connectivity index (χ2v) is 5.44. The largest absolute Gasteiger partial charge is 0.360 e. The second-order valence-electron chi connectivity index (χ2n) is 4.01. The zero-order valence-electron chi connectivity index (χ0n) is 9.54. The van der Waals surface area contributed by atoms with Crippen LogP contribution in [-0.2, 0) is 10.1 Å². The molecule has 0 saturated carbocycles. The lowest BCUT2D eigenvalue weighted by Crippen LogP contribution is -2.42. The third-order valence-electron chi connectivity index (χ3n) is 2.98. The molecular formula is C11H11BrN4OS. The Morgan fingerprint density at radius 1 is 1.67 bits per heavy atom. The van der Waals surface area contributed by atoms with Crippen molar-refractivity contribution in [3.8, 4) is 6.07 Å². The number of alkyl halides is 1. The molecule has 1 unspecified atom stereocenters. The van der Waals surface area contributed by atoms with E-state index in [-0.39, 0.29) is 6.10 Å². The fourth-order valence-electron chi connectivity index (χ4n) is 2.12.